The molecule has 2 fully saturated rings. The van der Waals surface area contributed by atoms with E-state index < -0.39 is 0 Å². The average Bonchev–Trinajstić information content (AvgIpc) is 3.05. The summed E-state index contributed by atoms with van der Waals surface area (Å²) in [7, 11) is 0. The van der Waals surface area contributed by atoms with Crippen molar-refractivity contribution in [2.75, 3.05) is 13.1 Å². The van der Waals surface area contributed by atoms with Gasteiger partial charge in [-0.05, 0) is 67.6 Å². The van der Waals surface area contributed by atoms with Gasteiger partial charge in [0.25, 0.3) is 0 Å². The molecule has 0 bridgehead atoms. The predicted octanol–water partition coefficient (Wildman–Crippen LogP) is 1.67. The number of tetrazole rings is 1. The van der Waals surface area contributed by atoms with E-state index in [1.165, 1.54) is 31.2 Å². The first-order valence-corrected chi connectivity index (χ1v) is 7.83. The van der Waals surface area contributed by atoms with E-state index in [4.69, 9.17) is 0 Å². The summed E-state index contributed by atoms with van der Waals surface area (Å²) in [4.78, 5) is 2.50. The number of rotatable bonds is 4. The number of hydrogen-bond donors (Lipinski definition) is 1. The number of likely N-dealkylation sites (tertiary alicyclic amines) is 1. The van der Waals surface area contributed by atoms with Crippen molar-refractivity contribution >= 4 is 0 Å². The molecule has 0 spiro atoms. The normalized spacial score (nSPS) is 22.5. The first-order valence-electron chi connectivity index (χ1n) is 7.83. The molecule has 1 saturated carbocycles. The van der Waals surface area contributed by atoms with Crippen LogP contribution in [0.15, 0.2) is 12.4 Å². The molecule has 1 atom stereocenters. The van der Waals surface area contributed by atoms with Crippen molar-refractivity contribution in [1.29, 1.82) is 0 Å². The van der Waals surface area contributed by atoms with Crippen molar-refractivity contribution in [2.24, 2.45) is 0 Å². The minimum Gasteiger partial charge on any atom is -0.294 e. The summed E-state index contributed by atoms with van der Waals surface area (Å²) >= 11 is 0. The van der Waals surface area contributed by atoms with Gasteiger partial charge in [-0.1, -0.05) is 0 Å². The molecule has 2 aromatic rings. The number of aromatic nitrogens is 6. The number of hydrogen-bond acceptors (Lipinski definition) is 5. The lowest BCUT2D eigenvalue weighted by atomic mass is 9.91. The molecule has 0 aromatic carbocycles. The van der Waals surface area contributed by atoms with Gasteiger partial charge in [0.05, 0.1) is 18.3 Å². The minimum absolute atomic E-state index is 0.297. The molecule has 7 heteroatoms. The smallest absolute Gasteiger partial charge is 0.168 e. The van der Waals surface area contributed by atoms with Gasteiger partial charge in [-0.2, -0.15) is 5.10 Å². The summed E-state index contributed by atoms with van der Waals surface area (Å²) < 4.78 is 2.03. The molecule has 2 aromatic heterocycles. The van der Waals surface area contributed by atoms with E-state index in [2.05, 4.69) is 37.5 Å². The Hall–Kier alpha value is -1.76. The van der Waals surface area contributed by atoms with Crippen LogP contribution in [-0.4, -0.2) is 48.4 Å². The Balaban J connectivity index is 1.42. The lowest BCUT2D eigenvalue weighted by Gasteiger charge is -2.35. The Bertz CT molecular complexity index is 578. The van der Waals surface area contributed by atoms with Crippen LogP contribution in [-0.2, 0) is 0 Å². The maximum absolute atomic E-state index is 4.27. The monoisotopic (exact) mass is 287 g/mol. The van der Waals surface area contributed by atoms with Gasteiger partial charge in [0.1, 0.15) is 0 Å². The first-order chi connectivity index (χ1) is 10.3. The molecule has 1 aliphatic carbocycles. The van der Waals surface area contributed by atoms with Crippen molar-refractivity contribution in [2.45, 2.75) is 50.6 Å². The third-order valence-electron chi connectivity index (χ3n) is 4.85. The fraction of sp³-hybridized carbons (Fsp3) is 0.714. The fourth-order valence-electron chi connectivity index (χ4n) is 3.32. The van der Waals surface area contributed by atoms with Gasteiger partial charge in [0.2, 0.25) is 0 Å². The molecule has 112 valence electrons. The summed E-state index contributed by atoms with van der Waals surface area (Å²) in [5, 5.41) is 19.3. The maximum atomic E-state index is 4.27. The second-order valence-corrected chi connectivity index (χ2v) is 6.23. The fourth-order valence-corrected chi connectivity index (χ4v) is 3.32. The van der Waals surface area contributed by atoms with Crippen molar-refractivity contribution in [1.82, 2.24) is 35.3 Å². The lowest BCUT2D eigenvalue weighted by molar-refractivity contribution is 0.153. The molecule has 1 N–H and O–H groups in total. The number of nitrogens with zero attached hydrogens (tertiary/aromatic N) is 6. The zero-order chi connectivity index (χ0) is 14.2. The van der Waals surface area contributed by atoms with E-state index in [1.54, 1.807) is 0 Å². The van der Waals surface area contributed by atoms with E-state index >= 15 is 0 Å². The van der Waals surface area contributed by atoms with Crippen LogP contribution in [0.1, 0.15) is 62.0 Å². The second kappa shape index (κ2) is 5.22. The number of aromatic amines is 1. The van der Waals surface area contributed by atoms with Crippen LogP contribution in [0.2, 0.25) is 0 Å². The molecule has 0 amide bonds. The van der Waals surface area contributed by atoms with E-state index in [-0.39, 0.29) is 0 Å². The summed E-state index contributed by atoms with van der Waals surface area (Å²) in [5.74, 6) is 1.66. The van der Waals surface area contributed by atoms with Gasteiger partial charge in [0.15, 0.2) is 5.82 Å². The van der Waals surface area contributed by atoms with Gasteiger partial charge >= 0.3 is 0 Å². The molecule has 1 unspecified atom stereocenters. The zero-order valence-electron chi connectivity index (χ0n) is 12.3. The Morgan fingerprint density at radius 2 is 2.05 bits per heavy atom. The van der Waals surface area contributed by atoms with Crippen LogP contribution in [0.4, 0.5) is 0 Å². The standard InChI is InChI=1S/C14H21N7/c1-10(14-17-18-19-21(14)13-2-3-13)20-6-4-11(5-7-20)12-8-15-16-9-12/h8-11,13H,2-7H2,1H3,(H,15,16). The van der Waals surface area contributed by atoms with E-state index in [0.717, 1.165) is 18.9 Å². The lowest BCUT2D eigenvalue weighted by Crippen LogP contribution is -2.36. The highest BCUT2D eigenvalue weighted by Gasteiger charge is 2.32. The van der Waals surface area contributed by atoms with E-state index in [0.29, 0.717) is 18.0 Å². The minimum atomic E-state index is 0.297. The van der Waals surface area contributed by atoms with Crippen LogP contribution in [0.5, 0.6) is 0 Å². The molecular formula is C14H21N7. The zero-order valence-corrected chi connectivity index (χ0v) is 12.3. The third-order valence-corrected chi connectivity index (χ3v) is 4.85. The number of piperidine rings is 1. The van der Waals surface area contributed by atoms with Crippen molar-refractivity contribution < 1.29 is 0 Å². The third kappa shape index (κ3) is 2.46. The predicted molar refractivity (Wildman–Crippen MR) is 76.6 cm³/mol. The van der Waals surface area contributed by atoms with Crippen LogP contribution >= 0.6 is 0 Å². The second-order valence-electron chi connectivity index (χ2n) is 6.23. The van der Waals surface area contributed by atoms with Gasteiger partial charge < -0.3 is 0 Å². The van der Waals surface area contributed by atoms with Crippen LogP contribution in [0.25, 0.3) is 0 Å². The largest absolute Gasteiger partial charge is 0.294 e. The molecule has 7 nitrogen and oxygen atoms in total. The average molecular weight is 287 g/mol. The number of H-pyrrole nitrogens is 1. The summed E-state index contributed by atoms with van der Waals surface area (Å²) in [6.07, 6.45) is 8.76. The van der Waals surface area contributed by atoms with Gasteiger partial charge in [0, 0.05) is 6.20 Å². The molecule has 21 heavy (non-hydrogen) atoms. The summed E-state index contributed by atoms with van der Waals surface area (Å²) in [5.41, 5.74) is 1.34. The Morgan fingerprint density at radius 3 is 2.71 bits per heavy atom. The molecule has 1 aliphatic heterocycles. The van der Waals surface area contributed by atoms with E-state index in [9.17, 15) is 0 Å². The highest BCUT2D eigenvalue weighted by Crippen LogP contribution is 2.37. The molecule has 1 saturated heterocycles. The van der Waals surface area contributed by atoms with Crippen LogP contribution in [0.3, 0.4) is 0 Å². The van der Waals surface area contributed by atoms with Crippen molar-refractivity contribution in [3.05, 3.63) is 23.8 Å². The van der Waals surface area contributed by atoms with E-state index in [1.807, 2.05) is 17.1 Å². The van der Waals surface area contributed by atoms with Gasteiger partial charge in [-0.3, -0.25) is 10.00 Å². The molecule has 4 rings (SSSR count). The van der Waals surface area contributed by atoms with Crippen LogP contribution < -0.4 is 0 Å². The summed E-state index contributed by atoms with van der Waals surface area (Å²) in [6, 6.07) is 0.840. The Morgan fingerprint density at radius 1 is 1.24 bits per heavy atom. The maximum Gasteiger partial charge on any atom is 0.168 e. The Labute approximate surface area is 123 Å². The molecule has 0 radical (unpaired) electrons. The molecular weight excluding hydrogens is 266 g/mol. The van der Waals surface area contributed by atoms with Crippen LogP contribution in [0, 0.1) is 0 Å². The summed E-state index contributed by atoms with van der Waals surface area (Å²) in [6.45, 7) is 4.41. The van der Waals surface area contributed by atoms with Crippen molar-refractivity contribution in [3.63, 3.8) is 0 Å². The molecule has 2 aliphatic rings. The topological polar surface area (TPSA) is 75.5 Å². The first kappa shape index (κ1) is 12.9. The highest BCUT2D eigenvalue weighted by molar-refractivity contribution is 5.11. The van der Waals surface area contributed by atoms with Gasteiger partial charge in [-0.15, -0.1) is 5.10 Å². The SMILES string of the molecule is CC(c1nnnn1C1CC1)N1CCC(c2cn[nH]c2)CC1. The van der Waals surface area contributed by atoms with Gasteiger partial charge in [-0.25, -0.2) is 4.68 Å². The quantitative estimate of drug-likeness (QED) is 0.925. The Kier molecular flexibility index (Phi) is 3.21. The number of nitrogens with one attached hydrogen (secondary N) is 1. The van der Waals surface area contributed by atoms with Crippen molar-refractivity contribution in [3.8, 4) is 0 Å². The molecule has 3 heterocycles. The highest BCUT2D eigenvalue weighted by atomic mass is 15.6.